The Morgan fingerprint density at radius 3 is 2.46 bits per heavy atom. The van der Waals surface area contributed by atoms with Crippen LogP contribution in [0.1, 0.15) is 25.7 Å². The zero-order valence-electron chi connectivity index (χ0n) is 8.28. The van der Waals surface area contributed by atoms with Gasteiger partial charge in [-0.05, 0) is 50.0 Å². The Hall–Kier alpha value is -0.0800. The van der Waals surface area contributed by atoms with E-state index in [1.54, 1.807) is 0 Å². The van der Waals surface area contributed by atoms with Crippen LogP contribution in [0.25, 0.3) is 0 Å². The molecule has 0 aromatic heterocycles. The number of likely N-dealkylation sites (tertiary alicyclic amines) is 1. The molecule has 0 radical (unpaired) electrons. The summed E-state index contributed by atoms with van der Waals surface area (Å²) in [4.78, 5) is 2.74. The molecule has 2 nitrogen and oxygen atoms in total. The van der Waals surface area contributed by atoms with Gasteiger partial charge in [-0.1, -0.05) is 0 Å². The van der Waals surface area contributed by atoms with Crippen LogP contribution >= 0.6 is 0 Å². The molecule has 2 aliphatic carbocycles. The summed E-state index contributed by atoms with van der Waals surface area (Å²) in [6.07, 6.45) is 5.72. The number of hydrogen-bond acceptors (Lipinski definition) is 2. The van der Waals surface area contributed by atoms with Crippen molar-refractivity contribution in [3.63, 3.8) is 0 Å². The van der Waals surface area contributed by atoms with Gasteiger partial charge in [0.25, 0.3) is 0 Å². The van der Waals surface area contributed by atoms with E-state index >= 15 is 0 Å². The summed E-state index contributed by atoms with van der Waals surface area (Å²) in [5.74, 6) is 3.02. The van der Waals surface area contributed by atoms with Gasteiger partial charge in [0.1, 0.15) is 0 Å². The first kappa shape index (κ1) is 8.25. The molecule has 74 valence electrons. The first-order valence-electron chi connectivity index (χ1n) is 5.81. The number of piperidine rings is 1. The van der Waals surface area contributed by atoms with Crippen molar-refractivity contribution in [2.45, 2.75) is 31.7 Å². The maximum Gasteiger partial charge on any atom is 0.00987 e. The average Bonchev–Trinajstić information content (AvgIpc) is 2.67. The van der Waals surface area contributed by atoms with Gasteiger partial charge in [0.05, 0.1) is 0 Å². The van der Waals surface area contributed by atoms with Crippen molar-refractivity contribution in [3.05, 3.63) is 0 Å². The van der Waals surface area contributed by atoms with E-state index in [-0.39, 0.29) is 0 Å². The lowest BCUT2D eigenvalue weighted by atomic mass is 10.1. The molecule has 1 heterocycles. The third-order valence-electron chi connectivity index (χ3n) is 4.37. The maximum atomic E-state index is 5.71. The van der Waals surface area contributed by atoms with Crippen LogP contribution in [-0.2, 0) is 0 Å². The molecular weight excluding hydrogens is 160 g/mol. The predicted octanol–water partition coefficient (Wildman–Crippen LogP) is 1.07. The summed E-state index contributed by atoms with van der Waals surface area (Å²) in [5, 5.41) is 0. The Labute approximate surface area is 80.5 Å². The second kappa shape index (κ2) is 2.96. The van der Waals surface area contributed by atoms with Gasteiger partial charge in [-0.3, -0.25) is 4.90 Å². The zero-order valence-corrected chi connectivity index (χ0v) is 8.28. The highest BCUT2D eigenvalue weighted by molar-refractivity contribution is 5.00. The maximum absolute atomic E-state index is 5.71. The molecule has 13 heavy (non-hydrogen) atoms. The molecule has 0 spiro atoms. The van der Waals surface area contributed by atoms with E-state index in [0.717, 1.165) is 30.3 Å². The first-order valence-corrected chi connectivity index (χ1v) is 5.81. The van der Waals surface area contributed by atoms with Crippen molar-refractivity contribution >= 4 is 0 Å². The summed E-state index contributed by atoms with van der Waals surface area (Å²) in [7, 11) is 0. The van der Waals surface area contributed by atoms with Gasteiger partial charge in [-0.2, -0.15) is 0 Å². The average molecular weight is 180 g/mol. The van der Waals surface area contributed by atoms with Gasteiger partial charge in [0.15, 0.2) is 0 Å². The smallest absolute Gasteiger partial charge is 0.00987 e. The zero-order chi connectivity index (χ0) is 8.84. The number of nitrogens with zero attached hydrogens (tertiary/aromatic N) is 1. The Morgan fingerprint density at radius 2 is 1.85 bits per heavy atom. The Bertz CT molecular complexity index is 194. The van der Waals surface area contributed by atoms with E-state index < -0.39 is 0 Å². The molecule has 2 heteroatoms. The lowest BCUT2D eigenvalue weighted by molar-refractivity contribution is 0.218. The van der Waals surface area contributed by atoms with Crippen molar-refractivity contribution < 1.29 is 0 Å². The Balaban J connectivity index is 1.55. The lowest BCUT2D eigenvalue weighted by Crippen LogP contribution is -2.33. The molecule has 1 aliphatic heterocycles. The SMILES string of the molecule is NCC1CCC(N2CC3CC3C2)C1. The normalized spacial score (nSPS) is 49.6. The third kappa shape index (κ3) is 1.40. The third-order valence-corrected chi connectivity index (χ3v) is 4.37. The van der Waals surface area contributed by atoms with Crippen LogP contribution in [0, 0.1) is 17.8 Å². The quantitative estimate of drug-likeness (QED) is 0.688. The fourth-order valence-corrected chi connectivity index (χ4v) is 3.33. The van der Waals surface area contributed by atoms with E-state index in [1.165, 1.54) is 38.8 Å². The second-order valence-corrected chi connectivity index (χ2v) is 5.28. The van der Waals surface area contributed by atoms with Crippen LogP contribution < -0.4 is 5.73 Å². The van der Waals surface area contributed by atoms with Crippen LogP contribution in [-0.4, -0.2) is 30.6 Å². The predicted molar refractivity (Wildman–Crippen MR) is 53.4 cm³/mol. The molecule has 2 N–H and O–H groups in total. The van der Waals surface area contributed by atoms with Gasteiger partial charge in [-0.15, -0.1) is 0 Å². The molecule has 0 bridgehead atoms. The highest BCUT2D eigenvalue weighted by atomic mass is 15.2. The van der Waals surface area contributed by atoms with E-state index in [2.05, 4.69) is 4.90 Å². The molecule has 3 fully saturated rings. The van der Waals surface area contributed by atoms with Gasteiger partial charge < -0.3 is 5.73 Å². The number of rotatable bonds is 2. The molecule has 3 aliphatic rings. The first-order chi connectivity index (χ1) is 6.36. The minimum absolute atomic E-state index is 0.835. The van der Waals surface area contributed by atoms with Crippen LogP contribution in [0.15, 0.2) is 0 Å². The molecule has 2 saturated carbocycles. The van der Waals surface area contributed by atoms with E-state index in [4.69, 9.17) is 5.73 Å². The molecule has 0 aromatic carbocycles. The minimum atomic E-state index is 0.835. The van der Waals surface area contributed by atoms with Crippen LogP contribution in [0.5, 0.6) is 0 Å². The fourth-order valence-electron chi connectivity index (χ4n) is 3.33. The van der Waals surface area contributed by atoms with Crippen molar-refractivity contribution in [2.24, 2.45) is 23.5 Å². The molecule has 3 rings (SSSR count). The Morgan fingerprint density at radius 1 is 1.08 bits per heavy atom. The highest BCUT2D eigenvalue weighted by Gasteiger charge is 2.47. The van der Waals surface area contributed by atoms with Crippen LogP contribution in [0.4, 0.5) is 0 Å². The number of fused-ring (bicyclic) bond motifs is 1. The van der Waals surface area contributed by atoms with Crippen molar-refractivity contribution in [2.75, 3.05) is 19.6 Å². The summed E-state index contributed by atoms with van der Waals surface area (Å²) >= 11 is 0. The summed E-state index contributed by atoms with van der Waals surface area (Å²) in [5.41, 5.74) is 5.71. The summed E-state index contributed by atoms with van der Waals surface area (Å²) < 4.78 is 0. The monoisotopic (exact) mass is 180 g/mol. The van der Waals surface area contributed by atoms with E-state index in [9.17, 15) is 0 Å². The Kier molecular flexibility index (Phi) is 1.88. The molecular formula is C11H20N2. The summed E-state index contributed by atoms with van der Waals surface area (Å²) in [6.45, 7) is 3.73. The molecule has 4 unspecified atom stereocenters. The number of nitrogens with two attached hydrogens (primary N) is 1. The van der Waals surface area contributed by atoms with Gasteiger partial charge in [0.2, 0.25) is 0 Å². The molecule has 4 atom stereocenters. The topological polar surface area (TPSA) is 29.3 Å². The standard InChI is InChI=1S/C11H20N2/c12-5-8-1-2-11(3-8)13-6-9-4-10(9)7-13/h8-11H,1-7,12H2. The van der Waals surface area contributed by atoms with Crippen LogP contribution in [0.3, 0.4) is 0 Å². The van der Waals surface area contributed by atoms with Gasteiger partial charge >= 0.3 is 0 Å². The van der Waals surface area contributed by atoms with Crippen molar-refractivity contribution in [3.8, 4) is 0 Å². The van der Waals surface area contributed by atoms with Crippen molar-refractivity contribution in [1.29, 1.82) is 0 Å². The molecule has 1 saturated heterocycles. The van der Waals surface area contributed by atoms with Crippen LogP contribution in [0.2, 0.25) is 0 Å². The fraction of sp³-hybridized carbons (Fsp3) is 1.00. The summed E-state index contributed by atoms with van der Waals surface area (Å²) in [6, 6.07) is 0.904. The van der Waals surface area contributed by atoms with E-state index in [1.807, 2.05) is 0 Å². The highest BCUT2D eigenvalue weighted by Crippen LogP contribution is 2.47. The molecule has 0 amide bonds. The largest absolute Gasteiger partial charge is 0.330 e. The molecule has 0 aromatic rings. The lowest BCUT2D eigenvalue weighted by Gasteiger charge is -2.25. The minimum Gasteiger partial charge on any atom is -0.330 e. The van der Waals surface area contributed by atoms with Gasteiger partial charge in [-0.25, -0.2) is 0 Å². The van der Waals surface area contributed by atoms with E-state index in [0.29, 0.717) is 0 Å². The van der Waals surface area contributed by atoms with Crippen molar-refractivity contribution in [1.82, 2.24) is 4.90 Å². The second-order valence-electron chi connectivity index (χ2n) is 5.28. The number of hydrogen-bond donors (Lipinski definition) is 1. The van der Waals surface area contributed by atoms with Gasteiger partial charge in [0, 0.05) is 19.1 Å².